The van der Waals surface area contributed by atoms with Gasteiger partial charge in [0, 0.05) is 31.6 Å². The smallest absolute Gasteiger partial charge is 0.166 e. The number of rotatable bonds is 6. The van der Waals surface area contributed by atoms with Crippen LogP contribution in [-0.4, -0.2) is 44.1 Å². The summed E-state index contributed by atoms with van der Waals surface area (Å²) in [5, 5.41) is 0. The largest absolute Gasteiger partial charge is 0.498 e. The summed E-state index contributed by atoms with van der Waals surface area (Å²) in [6.07, 6.45) is 7.00. The molecule has 3 aliphatic rings. The van der Waals surface area contributed by atoms with Crippen molar-refractivity contribution >= 4 is 5.78 Å². The molecule has 1 aromatic carbocycles. The fourth-order valence-corrected chi connectivity index (χ4v) is 5.02. The van der Waals surface area contributed by atoms with Crippen molar-refractivity contribution in [2.45, 2.75) is 44.8 Å². The molecule has 4 nitrogen and oxygen atoms in total. The van der Waals surface area contributed by atoms with Crippen LogP contribution in [0.3, 0.4) is 0 Å². The maximum Gasteiger partial charge on any atom is 0.166 e. The molecule has 0 amide bonds. The van der Waals surface area contributed by atoms with Crippen LogP contribution >= 0.6 is 0 Å². The topological polar surface area (TPSA) is 38.8 Å². The van der Waals surface area contributed by atoms with Crippen molar-refractivity contribution in [3.05, 3.63) is 58.9 Å². The number of ketones is 1. The summed E-state index contributed by atoms with van der Waals surface area (Å²) in [6, 6.07) is 10.7. The molecule has 150 valence electrons. The van der Waals surface area contributed by atoms with Crippen molar-refractivity contribution in [3.63, 3.8) is 0 Å². The molecule has 4 rings (SSSR count). The molecule has 0 radical (unpaired) electrons. The summed E-state index contributed by atoms with van der Waals surface area (Å²) in [5.41, 5.74) is 3.55. The third kappa shape index (κ3) is 4.08. The van der Waals surface area contributed by atoms with Gasteiger partial charge >= 0.3 is 0 Å². The first-order chi connectivity index (χ1) is 13.7. The lowest BCUT2D eigenvalue weighted by Gasteiger charge is -2.33. The van der Waals surface area contributed by atoms with E-state index in [1.165, 1.54) is 24.0 Å². The first-order valence-electron chi connectivity index (χ1n) is 10.5. The molecule has 1 saturated heterocycles. The van der Waals surface area contributed by atoms with Crippen molar-refractivity contribution < 1.29 is 14.3 Å². The molecule has 2 atom stereocenters. The van der Waals surface area contributed by atoms with Crippen LogP contribution in [0.25, 0.3) is 0 Å². The number of hydrogen-bond acceptors (Lipinski definition) is 4. The summed E-state index contributed by atoms with van der Waals surface area (Å²) in [7, 11) is 3.37. The molecule has 28 heavy (non-hydrogen) atoms. The summed E-state index contributed by atoms with van der Waals surface area (Å²) >= 11 is 0. The van der Waals surface area contributed by atoms with E-state index in [2.05, 4.69) is 35.2 Å². The van der Waals surface area contributed by atoms with Gasteiger partial charge in [-0.05, 0) is 56.3 Å². The highest BCUT2D eigenvalue weighted by molar-refractivity contribution is 6.03. The Morgan fingerprint density at radius 1 is 1.07 bits per heavy atom. The Bertz CT molecular complexity index is 759. The quantitative estimate of drug-likeness (QED) is 0.743. The molecule has 0 saturated carbocycles. The highest BCUT2D eigenvalue weighted by Crippen LogP contribution is 2.41. The minimum Gasteiger partial charge on any atom is -0.498 e. The van der Waals surface area contributed by atoms with E-state index in [4.69, 9.17) is 9.47 Å². The predicted octanol–water partition coefficient (Wildman–Crippen LogP) is 4.12. The molecule has 4 heteroatoms. The second-order valence-corrected chi connectivity index (χ2v) is 8.40. The number of carbonyl (C=O) groups excluding carboxylic acids is 1. The highest BCUT2D eigenvalue weighted by atomic mass is 16.5. The number of methoxy groups -OCH3 is 2. The van der Waals surface area contributed by atoms with Gasteiger partial charge in [-0.2, -0.15) is 0 Å². The highest BCUT2D eigenvalue weighted by Gasteiger charge is 2.38. The molecule has 2 unspecified atom stereocenters. The van der Waals surface area contributed by atoms with Gasteiger partial charge in [0.05, 0.1) is 7.11 Å². The van der Waals surface area contributed by atoms with Gasteiger partial charge in [0.15, 0.2) is 5.78 Å². The molecule has 1 aromatic rings. The number of allylic oxidation sites excluding steroid dienone is 2. The Kier molecular flexibility index (Phi) is 5.98. The lowest BCUT2D eigenvalue weighted by Crippen LogP contribution is -2.34. The number of nitrogens with zero attached hydrogens (tertiary/aromatic N) is 1. The van der Waals surface area contributed by atoms with Gasteiger partial charge in [0.25, 0.3) is 0 Å². The number of hydrogen-bond donors (Lipinski definition) is 0. The number of carbonyl (C=O) groups is 1. The van der Waals surface area contributed by atoms with Crippen molar-refractivity contribution in [1.29, 1.82) is 0 Å². The van der Waals surface area contributed by atoms with E-state index in [1.807, 2.05) is 6.08 Å². The normalized spacial score (nSPS) is 26.4. The average molecular weight is 382 g/mol. The second-order valence-electron chi connectivity index (χ2n) is 8.40. The monoisotopic (exact) mass is 381 g/mol. The Labute approximate surface area is 168 Å². The van der Waals surface area contributed by atoms with Gasteiger partial charge in [-0.3, -0.25) is 9.69 Å². The summed E-state index contributed by atoms with van der Waals surface area (Å²) < 4.78 is 11.0. The predicted molar refractivity (Wildman–Crippen MR) is 110 cm³/mol. The van der Waals surface area contributed by atoms with Crippen LogP contribution in [0, 0.1) is 11.8 Å². The van der Waals surface area contributed by atoms with Crippen LogP contribution < -0.4 is 0 Å². The van der Waals surface area contributed by atoms with Gasteiger partial charge in [0.1, 0.15) is 11.9 Å². The first kappa shape index (κ1) is 19.4. The zero-order valence-electron chi connectivity index (χ0n) is 17.0. The number of Topliss-reactive ketones (excluding diaryl/α,β-unsaturated/α-hetero) is 1. The van der Waals surface area contributed by atoms with Crippen molar-refractivity contribution in [1.82, 2.24) is 4.90 Å². The number of piperidine rings is 1. The van der Waals surface area contributed by atoms with Crippen LogP contribution in [0.4, 0.5) is 0 Å². The molecule has 1 heterocycles. The SMILES string of the molecule is COC1=CC2=C(CC(CC3CCN(Cc4ccccc4)CC3)C2=O)CC1OC. The maximum absolute atomic E-state index is 13.0. The molecular formula is C24H31NO3. The fourth-order valence-electron chi connectivity index (χ4n) is 5.02. The van der Waals surface area contributed by atoms with Gasteiger partial charge in [-0.25, -0.2) is 0 Å². The molecule has 1 aliphatic heterocycles. The fraction of sp³-hybridized carbons (Fsp3) is 0.542. The van der Waals surface area contributed by atoms with Crippen LogP contribution in [0.2, 0.25) is 0 Å². The van der Waals surface area contributed by atoms with E-state index in [9.17, 15) is 4.79 Å². The standard InChI is InChI=1S/C24H31NO3/c1-27-22-14-19-13-20(24(26)21(19)15-23(22)28-2)12-17-8-10-25(11-9-17)16-18-6-4-3-5-7-18/h3-7,15,17,20,22H,8-14,16H2,1-2H3. The van der Waals surface area contributed by atoms with E-state index < -0.39 is 0 Å². The minimum absolute atomic E-state index is 0.0449. The lowest BCUT2D eigenvalue weighted by molar-refractivity contribution is -0.118. The van der Waals surface area contributed by atoms with Gasteiger partial charge in [-0.15, -0.1) is 0 Å². The average Bonchev–Trinajstić information content (AvgIpc) is 3.03. The molecule has 0 spiro atoms. The van der Waals surface area contributed by atoms with Crippen molar-refractivity contribution in [2.24, 2.45) is 11.8 Å². The third-order valence-electron chi connectivity index (χ3n) is 6.64. The van der Waals surface area contributed by atoms with Crippen molar-refractivity contribution in [3.8, 4) is 0 Å². The van der Waals surface area contributed by atoms with E-state index in [-0.39, 0.29) is 12.0 Å². The molecular weight excluding hydrogens is 350 g/mol. The van der Waals surface area contributed by atoms with Crippen LogP contribution in [0.1, 0.15) is 37.7 Å². The number of ether oxygens (including phenoxy) is 2. The Balaban J connectivity index is 1.30. The van der Waals surface area contributed by atoms with E-state index in [0.29, 0.717) is 11.7 Å². The Morgan fingerprint density at radius 3 is 2.50 bits per heavy atom. The van der Waals surface area contributed by atoms with E-state index in [0.717, 1.165) is 50.2 Å². The number of likely N-dealkylation sites (tertiary alicyclic amines) is 1. The first-order valence-corrected chi connectivity index (χ1v) is 10.5. The van der Waals surface area contributed by atoms with Gasteiger partial charge < -0.3 is 9.47 Å². The summed E-state index contributed by atoms with van der Waals surface area (Å²) in [6.45, 7) is 3.30. The molecule has 1 fully saturated rings. The van der Waals surface area contributed by atoms with E-state index in [1.54, 1.807) is 14.2 Å². The Hall–Kier alpha value is -1.91. The van der Waals surface area contributed by atoms with Gasteiger partial charge in [0.2, 0.25) is 0 Å². The molecule has 2 aliphatic carbocycles. The minimum atomic E-state index is -0.0449. The third-order valence-corrected chi connectivity index (χ3v) is 6.64. The molecule has 0 N–H and O–H groups in total. The zero-order chi connectivity index (χ0) is 19.5. The van der Waals surface area contributed by atoms with Crippen LogP contribution in [-0.2, 0) is 20.8 Å². The lowest BCUT2D eigenvalue weighted by atomic mass is 9.85. The second kappa shape index (κ2) is 8.62. The summed E-state index contributed by atoms with van der Waals surface area (Å²) in [5.74, 6) is 1.92. The molecule has 0 bridgehead atoms. The zero-order valence-corrected chi connectivity index (χ0v) is 17.0. The van der Waals surface area contributed by atoms with Crippen LogP contribution in [0.15, 0.2) is 53.3 Å². The van der Waals surface area contributed by atoms with Gasteiger partial charge in [-0.1, -0.05) is 35.9 Å². The summed E-state index contributed by atoms with van der Waals surface area (Å²) in [4.78, 5) is 15.5. The van der Waals surface area contributed by atoms with Crippen molar-refractivity contribution in [2.75, 3.05) is 27.3 Å². The van der Waals surface area contributed by atoms with E-state index >= 15 is 0 Å². The molecule has 0 aromatic heterocycles. The number of benzene rings is 1. The maximum atomic E-state index is 13.0. The van der Waals surface area contributed by atoms with Crippen LogP contribution in [0.5, 0.6) is 0 Å². The Morgan fingerprint density at radius 2 is 1.82 bits per heavy atom.